The van der Waals surface area contributed by atoms with Gasteiger partial charge in [0.2, 0.25) is 0 Å². The molecule has 5 rings (SSSR count). The normalized spacial score (nSPS) is 17.1. The van der Waals surface area contributed by atoms with Crippen molar-refractivity contribution in [2.75, 3.05) is 13.7 Å². The van der Waals surface area contributed by atoms with Gasteiger partial charge in [-0.25, -0.2) is 14.6 Å². The molecule has 0 bridgehead atoms. The zero-order valence-corrected chi connectivity index (χ0v) is 15.6. The van der Waals surface area contributed by atoms with E-state index in [9.17, 15) is 0 Å². The van der Waals surface area contributed by atoms with Gasteiger partial charge in [-0.15, -0.1) is 0 Å². The van der Waals surface area contributed by atoms with E-state index in [1.54, 1.807) is 13.3 Å². The number of aromatic amines is 1. The number of methoxy groups -OCH3 is 1. The molecule has 1 N–H and O–H groups in total. The van der Waals surface area contributed by atoms with E-state index in [0.717, 1.165) is 58.7 Å². The second kappa shape index (κ2) is 7.09. The van der Waals surface area contributed by atoms with Gasteiger partial charge in [0, 0.05) is 30.1 Å². The first-order valence-electron chi connectivity index (χ1n) is 9.46. The first kappa shape index (κ1) is 16.9. The molecular weight excluding hydrogens is 354 g/mol. The molecule has 28 heavy (non-hydrogen) atoms. The van der Waals surface area contributed by atoms with Gasteiger partial charge in [-0.1, -0.05) is 6.07 Å². The van der Waals surface area contributed by atoms with Crippen LogP contribution < -0.4 is 4.74 Å². The number of hydrogen-bond acceptors (Lipinski definition) is 5. The van der Waals surface area contributed by atoms with Gasteiger partial charge in [0.1, 0.15) is 17.5 Å². The first-order valence-corrected chi connectivity index (χ1v) is 9.46. The van der Waals surface area contributed by atoms with Crippen LogP contribution in [0, 0.1) is 0 Å². The molecule has 0 amide bonds. The van der Waals surface area contributed by atoms with Crippen LogP contribution in [-0.2, 0) is 4.74 Å². The molecule has 1 aliphatic heterocycles. The topological polar surface area (TPSA) is 77.9 Å². The van der Waals surface area contributed by atoms with Crippen LogP contribution in [0.1, 0.15) is 25.5 Å². The number of aromatic nitrogens is 5. The van der Waals surface area contributed by atoms with E-state index in [1.807, 2.05) is 41.5 Å². The fourth-order valence-corrected chi connectivity index (χ4v) is 3.62. The third-order valence-electron chi connectivity index (χ3n) is 5.12. The van der Waals surface area contributed by atoms with Crippen molar-refractivity contribution in [2.24, 2.45) is 0 Å². The van der Waals surface area contributed by atoms with Gasteiger partial charge in [-0.05, 0) is 43.0 Å². The molecule has 0 aliphatic carbocycles. The first-order chi connectivity index (χ1) is 13.8. The summed E-state index contributed by atoms with van der Waals surface area (Å²) in [6.07, 6.45) is 10.8. The van der Waals surface area contributed by atoms with Crippen molar-refractivity contribution in [1.82, 2.24) is 24.7 Å². The number of ether oxygens (including phenoxy) is 2. The Morgan fingerprint density at radius 3 is 3.00 bits per heavy atom. The van der Waals surface area contributed by atoms with Crippen LogP contribution in [0.5, 0.6) is 5.75 Å². The van der Waals surface area contributed by atoms with Crippen LogP contribution in [0.4, 0.5) is 0 Å². The van der Waals surface area contributed by atoms with Crippen molar-refractivity contribution >= 4 is 11.2 Å². The van der Waals surface area contributed by atoms with E-state index in [-0.39, 0.29) is 6.23 Å². The lowest BCUT2D eigenvalue weighted by Crippen LogP contribution is -2.18. The fraction of sp³-hybridized carbons (Fsp3) is 0.286. The lowest BCUT2D eigenvalue weighted by atomic mass is 10.0. The smallest absolute Gasteiger partial charge is 0.156 e. The van der Waals surface area contributed by atoms with Crippen LogP contribution >= 0.6 is 0 Å². The summed E-state index contributed by atoms with van der Waals surface area (Å²) in [6, 6.07) is 8.00. The lowest BCUT2D eigenvalue weighted by Gasteiger charge is -2.22. The average Bonchev–Trinajstić information content (AvgIpc) is 3.43. The van der Waals surface area contributed by atoms with Crippen molar-refractivity contribution < 1.29 is 9.47 Å². The molecular formula is C21H21N5O2. The highest BCUT2D eigenvalue weighted by atomic mass is 16.5. The summed E-state index contributed by atoms with van der Waals surface area (Å²) >= 11 is 0. The highest BCUT2D eigenvalue weighted by Gasteiger charge is 2.17. The van der Waals surface area contributed by atoms with E-state index in [2.05, 4.69) is 26.1 Å². The number of rotatable bonds is 4. The second-order valence-electron chi connectivity index (χ2n) is 6.91. The monoisotopic (exact) mass is 375 g/mol. The minimum absolute atomic E-state index is 0.0343. The molecule has 7 heteroatoms. The Bertz CT molecular complexity index is 1110. The molecule has 3 aromatic heterocycles. The van der Waals surface area contributed by atoms with Crippen molar-refractivity contribution in [3.8, 4) is 28.1 Å². The second-order valence-corrected chi connectivity index (χ2v) is 6.91. The van der Waals surface area contributed by atoms with Gasteiger partial charge in [0.15, 0.2) is 5.65 Å². The third-order valence-corrected chi connectivity index (χ3v) is 5.12. The largest absolute Gasteiger partial charge is 0.496 e. The molecule has 0 radical (unpaired) electrons. The van der Waals surface area contributed by atoms with Crippen LogP contribution in [0.3, 0.4) is 0 Å². The molecule has 142 valence electrons. The van der Waals surface area contributed by atoms with Gasteiger partial charge in [0.05, 0.1) is 25.2 Å². The van der Waals surface area contributed by atoms with Crippen molar-refractivity contribution in [1.29, 1.82) is 0 Å². The quantitative estimate of drug-likeness (QED) is 0.578. The van der Waals surface area contributed by atoms with Crippen LogP contribution in [0.2, 0.25) is 0 Å². The Morgan fingerprint density at radius 2 is 2.14 bits per heavy atom. The predicted octanol–water partition coefficient (Wildman–Crippen LogP) is 4.20. The van der Waals surface area contributed by atoms with E-state index in [1.165, 1.54) is 6.42 Å². The van der Waals surface area contributed by atoms with Gasteiger partial charge in [-0.3, -0.25) is 0 Å². The minimum Gasteiger partial charge on any atom is -0.496 e. The average molecular weight is 375 g/mol. The Kier molecular flexibility index (Phi) is 4.29. The maximum absolute atomic E-state index is 5.82. The zero-order chi connectivity index (χ0) is 18.9. The molecule has 4 aromatic rings. The third kappa shape index (κ3) is 3.03. The molecule has 1 aromatic carbocycles. The van der Waals surface area contributed by atoms with E-state index in [0.29, 0.717) is 0 Å². The SMILES string of the molecule is COc1cc(-c2cnn(C3CCCCO3)c2)ccc1-c1cnc2[nH]ccc2n1. The van der Waals surface area contributed by atoms with Crippen molar-refractivity contribution in [3.63, 3.8) is 0 Å². The zero-order valence-electron chi connectivity index (χ0n) is 15.6. The van der Waals surface area contributed by atoms with Gasteiger partial charge < -0.3 is 14.5 Å². The maximum atomic E-state index is 5.82. The number of H-pyrrole nitrogens is 1. The predicted molar refractivity (Wildman–Crippen MR) is 106 cm³/mol. The van der Waals surface area contributed by atoms with Crippen molar-refractivity contribution in [2.45, 2.75) is 25.5 Å². The van der Waals surface area contributed by atoms with Gasteiger partial charge in [-0.2, -0.15) is 5.10 Å². The molecule has 1 saturated heterocycles. The Balaban J connectivity index is 1.48. The Morgan fingerprint density at radius 1 is 1.18 bits per heavy atom. The van der Waals surface area contributed by atoms with E-state index >= 15 is 0 Å². The van der Waals surface area contributed by atoms with Crippen LogP contribution in [-0.4, -0.2) is 38.4 Å². The molecule has 1 fully saturated rings. The molecule has 0 saturated carbocycles. The number of nitrogens with zero attached hydrogens (tertiary/aromatic N) is 4. The standard InChI is InChI=1S/C21H21N5O2/c1-27-19-10-14(15-11-24-26(13-15)20-4-2-3-9-28-20)5-6-16(19)18-12-23-21-17(25-18)7-8-22-21/h5-8,10-13,20H,2-4,9H2,1H3,(H,22,23). The summed E-state index contributed by atoms with van der Waals surface area (Å²) in [5, 5.41) is 4.51. The van der Waals surface area contributed by atoms with Gasteiger partial charge in [0.25, 0.3) is 0 Å². The fourth-order valence-electron chi connectivity index (χ4n) is 3.62. The summed E-state index contributed by atoms with van der Waals surface area (Å²) < 4.78 is 13.4. The van der Waals surface area contributed by atoms with Crippen LogP contribution in [0.15, 0.2) is 49.1 Å². The molecule has 1 aliphatic rings. The summed E-state index contributed by atoms with van der Waals surface area (Å²) in [5.74, 6) is 0.753. The number of nitrogens with one attached hydrogen (secondary N) is 1. The lowest BCUT2D eigenvalue weighted by molar-refractivity contribution is -0.0394. The maximum Gasteiger partial charge on any atom is 0.156 e. The molecule has 0 spiro atoms. The Hall–Kier alpha value is -3.19. The minimum atomic E-state index is 0.0343. The summed E-state index contributed by atoms with van der Waals surface area (Å²) in [5.41, 5.74) is 5.37. The highest BCUT2D eigenvalue weighted by Crippen LogP contribution is 2.34. The molecule has 1 unspecified atom stereocenters. The number of hydrogen-bond donors (Lipinski definition) is 1. The number of benzene rings is 1. The van der Waals surface area contributed by atoms with Crippen LogP contribution in [0.25, 0.3) is 33.5 Å². The van der Waals surface area contributed by atoms with E-state index < -0.39 is 0 Å². The van der Waals surface area contributed by atoms with Gasteiger partial charge >= 0.3 is 0 Å². The molecule has 7 nitrogen and oxygen atoms in total. The van der Waals surface area contributed by atoms with Crippen molar-refractivity contribution in [3.05, 3.63) is 49.1 Å². The molecule has 4 heterocycles. The molecule has 1 atom stereocenters. The summed E-state index contributed by atoms with van der Waals surface area (Å²) in [6.45, 7) is 0.800. The summed E-state index contributed by atoms with van der Waals surface area (Å²) in [4.78, 5) is 12.2. The van der Waals surface area contributed by atoms with E-state index in [4.69, 9.17) is 9.47 Å². The highest BCUT2D eigenvalue weighted by molar-refractivity contribution is 5.78. The number of fused-ring (bicyclic) bond motifs is 1. The summed E-state index contributed by atoms with van der Waals surface area (Å²) in [7, 11) is 1.67. The Labute approximate surface area is 162 Å².